The van der Waals surface area contributed by atoms with Gasteiger partial charge in [-0.25, -0.2) is 8.42 Å². The van der Waals surface area contributed by atoms with Gasteiger partial charge in [0.15, 0.2) is 15.1 Å². The lowest BCUT2D eigenvalue weighted by Gasteiger charge is -2.25. The van der Waals surface area contributed by atoms with E-state index in [-0.39, 0.29) is 0 Å². The first-order valence-electron chi connectivity index (χ1n) is 6.18. The van der Waals surface area contributed by atoms with Crippen molar-refractivity contribution >= 4 is 21.7 Å². The summed E-state index contributed by atoms with van der Waals surface area (Å²) in [5, 5.41) is 9.99. The highest BCUT2D eigenvalue weighted by Crippen LogP contribution is 2.14. The molecule has 1 atom stereocenters. The van der Waals surface area contributed by atoms with E-state index in [1.807, 2.05) is 6.92 Å². The van der Waals surface area contributed by atoms with Crippen LogP contribution in [0.2, 0.25) is 0 Å². The first-order valence-corrected chi connectivity index (χ1v) is 7.90. The van der Waals surface area contributed by atoms with Crippen LogP contribution in [-0.2, 0) is 19.4 Å². The number of carbonyl (C=O) groups is 2. The van der Waals surface area contributed by atoms with Gasteiger partial charge in [0.05, 0.1) is 0 Å². The maximum atomic E-state index is 12.0. The fourth-order valence-corrected chi connectivity index (χ4v) is 3.38. The molecule has 19 heavy (non-hydrogen) atoms. The van der Waals surface area contributed by atoms with Gasteiger partial charge in [-0.2, -0.15) is 0 Å². The number of carboxylic acids is 1. The topological polar surface area (TPSA) is 101 Å². The van der Waals surface area contributed by atoms with Crippen LogP contribution >= 0.6 is 0 Å². The van der Waals surface area contributed by atoms with Crippen LogP contribution in [0.15, 0.2) is 0 Å². The Morgan fingerprint density at radius 3 is 2.05 bits per heavy atom. The standard InChI is InChI=1S/C12H23NO5S/c1-6-12(4,5)13-9(14)7-19(17,18)10(8(2)3)11(15)16/h8,10H,6-7H2,1-5H3,(H,13,14)(H,15,16). The molecule has 0 saturated heterocycles. The fourth-order valence-electron chi connectivity index (χ4n) is 1.63. The average molecular weight is 293 g/mol. The molecule has 7 heteroatoms. The van der Waals surface area contributed by atoms with Crippen LogP contribution in [0.25, 0.3) is 0 Å². The van der Waals surface area contributed by atoms with Crippen LogP contribution in [-0.4, -0.2) is 41.9 Å². The van der Waals surface area contributed by atoms with Gasteiger partial charge in [-0.1, -0.05) is 20.8 Å². The highest BCUT2D eigenvalue weighted by Gasteiger charge is 2.37. The molecule has 0 aromatic rings. The van der Waals surface area contributed by atoms with Crippen molar-refractivity contribution in [3.05, 3.63) is 0 Å². The molecule has 0 aliphatic carbocycles. The molecule has 0 fully saturated rings. The first kappa shape index (κ1) is 17.9. The number of carboxylic acid groups (broad SMARTS) is 1. The minimum absolute atomic E-state index is 0.511. The monoisotopic (exact) mass is 293 g/mol. The van der Waals surface area contributed by atoms with Crippen molar-refractivity contribution in [2.75, 3.05) is 5.75 Å². The van der Waals surface area contributed by atoms with Crippen molar-refractivity contribution in [2.45, 2.75) is 51.8 Å². The van der Waals surface area contributed by atoms with Crippen molar-refractivity contribution < 1.29 is 23.1 Å². The molecule has 0 aromatic carbocycles. The predicted octanol–water partition coefficient (Wildman–Crippen LogP) is 0.815. The number of nitrogens with one attached hydrogen (secondary N) is 1. The molecule has 0 bridgehead atoms. The Balaban J connectivity index is 4.96. The highest BCUT2D eigenvalue weighted by atomic mass is 32.2. The van der Waals surface area contributed by atoms with Crippen molar-refractivity contribution in [3.8, 4) is 0 Å². The van der Waals surface area contributed by atoms with E-state index in [1.54, 1.807) is 13.8 Å². The summed E-state index contributed by atoms with van der Waals surface area (Å²) in [7, 11) is -4.01. The van der Waals surface area contributed by atoms with Crippen LogP contribution in [0, 0.1) is 5.92 Å². The lowest BCUT2D eigenvalue weighted by Crippen LogP contribution is -2.47. The molecule has 0 heterocycles. The lowest BCUT2D eigenvalue weighted by atomic mass is 10.0. The molecule has 2 N–H and O–H groups in total. The molecular formula is C12H23NO5S. The highest BCUT2D eigenvalue weighted by molar-refractivity contribution is 7.93. The van der Waals surface area contributed by atoms with Gasteiger partial charge in [0, 0.05) is 5.54 Å². The molecule has 0 aromatic heterocycles. The number of hydrogen-bond acceptors (Lipinski definition) is 4. The van der Waals surface area contributed by atoms with Crippen molar-refractivity contribution in [3.63, 3.8) is 0 Å². The summed E-state index contributed by atoms with van der Waals surface area (Å²) in [6.45, 7) is 8.42. The van der Waals surface area contributed by atoms with Crippen LogP contribution in [0.4, 0.5) is 0 Å². The third-order valence-corrected chi connectivity index (χ3v) is 5.11. The molecule has 0 radical (unpaired) electrons. The zero-order valence-corrected chi connectivity index (χ0v) is 12.9. The van der Waals surface area contributed by atoms with Crippen LogP contribution in [0.5, 0.6) is 0 Å². The Morgan fingerprint density at radius 2 is 1.74 bits per heavy atom. The van der Waals surface area contributed by atoms with Crippen molar-refractivity contribution in [1.82, 2.24) is 5.32 Å². The summed E-state index contributed by atoms with van der Waals surface area (Å²) < 4.78 is 23.9. The maximum Gasteiger partial charge on any atom is 0.322 e. The zero-order chi connectivity index (χ0) is 15.4. The molecular weight excluding hydrogens is 270 g/mol. The van der Waals surface area contributed by atoms with Gasteiger partial charge < -0.3 is 10.4 Å². The Hall–Kier alpha value is -1.11. The number of amides is 1. The molecule has 1 amide bonds. The molecule has 112 valence electrons. The van der Waals surface area contributed by atoms with E-state index in [2.05, 4.69) is 5.32 Å². The second kappa shape index (κ2) is 6.36. The minimum Gasteiger partial charge on any atom is -0.480 e. The van der Waals surface area contributed by atoms with E-state index in [4.69, 9.17) is 5.11 Å². The molecule has 0 saturated carbocycles. The Kier molecular flexibility index (Phi) is 5.99. The third-order valence-electron chi connectivity index (χ3n) is 2.93. The van der Waals surface area contributed by atoms with E-state index in [9.17, 15) is 18.0 Å². The van der Waals surface area contributed by atoms with Gasteiger partial charge in [0.25, 0.3) is 0 Å². The zero-order valence-electron chi connectivity index (χ0n) is 12.1. The normalized spacial score (nSPS) is 14.2. The molecule has 0 rings (SSSR count). The van der Waals surface area contributed by atoms with Gasteiger partial charge in [-0.05, 0) is 26.2 Å². The molecule has 0 aliphatic heterocycles. The predicted molar refractivity (Wildman–Crippen MR) is 72.6 cm³/mol. The Labute approximate surface area is 114 Å². The van der Waals surface area contributed by atoms with Crippen molar-refractivity contribution in [1.29, 1.82) is 0 Å². The Bertz CT molecular complexity index is 439. The van der Waals surface area contributed by atoms with E-state index in [0.29, 0.717) is 6.42 Å². The van der Waals surface area contributed by atoms with Gasteiger partial charge >= 0.3 is 5.97 Å². The largest absolute Gasteiger partial charge is 0.480 e. The second-order valence-electron chi connectivity index (χ2n) is 5.60. The summed E-state index contributed by atoms with van der Waals surface area (Å²) in [6, 6.07) is 0. The number of aliphatic carboxylic acids is 1. The first-order chi connectivity index (χ1) is 8.43. The number of hydrogen-bond donors (Lipinski definition) is 2. The maximum absolute atomic E-state index is 12.0. The fraction of sp³-hybridized carbons (Fsp3) is 0.833. The third kappa shape index (κ3) is 5.59. The Morgan fingerprint density at radius 1 is 1.26 bits per heavy atom. The number of carbonyl (C=O) groups excluding carboxylic acids is 1. The quantitative estimate of drug-likeness (QED) is 0.723. The smallest absolute Gasteiger partial charge is 0.322 e. The molecule has 0 spiro atoms. The minimum atomic E-state index is -4.01. The van der Waals surface area contributed by atoms with Gasteiger partial charge in [-0.3, -0.25) is 9.59 Å². The molecule has 1 unspecified atom stereocenters. The molecule has 0 aliphatic rings. The van der Waals surface area contributed by atoms with Gasteiger partial charge in [-0.15, -0.1) is 0 Å². The molecule has 6 nitrogen and oxygen atoms in total. The summed E-state index contributed by atoms with van der Waals surface area (Å²) >= 11 is 0. The van der Waals surface area contributed by atoms with E-state index < -0.39 is 44.2 Å². The van der Waals surface area contributed by atoms with Gasteiger partial charge in [0.2, 0.25) is 5.91 Å². The SMILES string of the molecule is CCC(C)(C)NC(=O)CS(=O)(=O)C(C(=O)O)C(C)C. The van der Waals surface area contributed by atoms with Gasteiger partial charge in [0.1, 0.15) is 5.75 Å². The van der Waals surface area contributed by atoms with Crippen LogP contribution in [0.1, 0.15) is 41.0 Å². The lowest BCUT2D eigenvalue weighted by molar-refractivity contribution is -0.137. The number of sulfone groups is 1. The van der Waals surface area contributed by atoms with Crippen LogP contribution in [0.3, 0.4) is 0 Å². The van der Waals surface area contributed by atoms with Crippen molar-refractivity contribution in [2.24, 2.45) is 5.92 Å². The van der Waals surface area contributed by atoms with E-state index in [0.717, 1.165) is 0 Å². The summed E-state index contributed by atoms with van der Waals surface area (Å²) in [5.74, 6) is -3.48. The van der Waals surface area contributed by atoms with E-state index >= 15 is 0 Å². The average Bonchev–Trinajstić information content (AvgIpc) is 2.12. The number of rotatable bonds is 7. The second-order valence-corrected chi connectivity index (χ2v) is 7.72. The van der Waals surface area contributed by atoms with Crippen LogP contribution < -0.4 is 5.32 Å². The van der Waals surface area contributed by atoms with E-state index in [1.165, 1.54) is 13.8 Å². The summed E-state index contributed by atoms with van der Waals surface area (Å²) in [4.78, 5) is 22.7. The summed E-state index contributed by atoms with van der Waals surface area (Å²) in [5.41, 5.74) is -0.511. The summed E-state index contributed by atoms with van der Waals surface area (Å²) in [6.07, 6.45) is 0.644.